The van der Waals surface area contributed by atoms with Crippen LogP contribution in [0.2, 0.25) is 0 Å². The molecule has 0 radical (unpaired) electrons. The van der Waals surface area contributed by atoms with Crippen molar-refractivity contribution in [3.05, 3.63) is 60.8 Å². The highest BCUT2D eigenvalue weighted by Gasteiger charge is 2.71. The van der Waals surface area contributed by atoms with Gasteiger partial charge in [0.05, 0.1) is 0 Å². The van der Waals surface area contributed by atoms with Gasteiger partial charge in [-0.3, -0.25) is 0 Å². The van der Waals surface area contributed by atoms with Gasteiger partial charge in [-0.1, -0.05) is 93.4 Å². The molecule has 0 aromatic carbocycles. The molecule has 1 spiro atoms. The quantitative estimate of drug-likeness (QED) is 0.364. The molecule has 1 N–H and O–H groups in total. The van der Waals surface area contributed by atoms with Crippen molar-refractivity contribution in [3.63, 3.8) is 0 Å². The molecule has 0 aromatic rings. The molecule has 0 bridgehead atoms. The van der Waals surface area contributed by atoms with E-state index in [9.17, 15) is 0 Å². The number of rotatable bonds is 3. The van der Waals surface area contributed by atoms with E-state index in [1.165, 1.54) is 83.5 Å². The van der Waals surface area contributed by atoms with E-state index >= 15 is 0 Å². The highest BCUT2D eigenvalue weighted by molar-refractivity contribution is 5.29. The van der Waals surface area contributed by atoms with E-state index in [0.29, 0.717) is 17.5 Å². The largest absolute Gasteiger partial charge is 0.307 e. The fourth-order valence-corrected chi connectivity index (χ4v) is 12.8. The van der Waals surface area contributed by atoms with Crippen LogP contribution >= 0.6 is 0 Å². The molecule has 0 saturated heterocycles. The Kier molecular flexibility index (Phi) is 6.63. The van der Waals surface area contributed by atoms with E-state index in [1.807, 2.05) is 0 Å². The van der Waals surface area contributed by atoms with Crippen molar-refractivity contribution in [2.45, 2.75) is 102 Å². The summed E-state index contributed by atoms with van der Waals surface area (Å²) in [5.74, 6) is 9.53. The van der Waals surface area contributed by atoms with Gasteiger partial charge < -0.3 is 5.32 Å². The summed E-state index contributed by atoms with van der Waals surface area (Å²) < 4.78 is 0. The molecule has 14 unspecified atom stereocenters. The third-order valence-electron chi connectivity index (χ3n) is 13.9. The summed E-state index contributed by atoms with van der Waals surface area (Å²) in [4.78, 5) is 0. The van der Waals surface area contributed by atoms with E-state index in [2.05, 4.69) is 73.0 Å². The lowest BCUT2D eigenvalue weighted by atomic mass is 9.53. The molecule has 4 saturated carbocycles. The molecule has 4 fully saturated rings. The maximum atomic E-state index is 4.39. The van der Waals surface area contributed by atoms with Crippen molar-refractivity contribution in [1.82, 2.24) is 5.32 Å². The van der Waals surface area contributed by atoms with Crippen molar-refractivity contribution in [3.8, 4) is 0 Å². The Morgan fingerprint density at radius 1 is 0.615 bits per heavy atom. The Morgan fingerprint density at radius 2 is 1.41 bits per heavy atom. The lowest BCUT2D eigenvalue weighted by molar-refractivity contribution is -0.0254. The first-order valence-electron chi connectivity index (χ1n) is 17.4. The predicted octanol–water partition coefficient (Wildman–Crippen LogP) is 9.06. The van der Waals surface area contributed by atoms with Crippen LogP contribution in [0.3, 0.4) is 0 Å². The summed E-state index contributed by atoms with van der Waals surface area (Å²) in [5.41, 5.74) is 0.586. The minimum atomic E-state index is 0.586. The molecule has 1 heteroatoms. The van der Waals surface area contributed by atoms with Crippen LogP contribution in [0, 0.1) is 70.5 Å². The number of fused-ring (bicyclic) bond motifs is 10. The molecular weight excluding hydrogens is 470 g/mol. The molecular formula is C38H53N. The molecule has 8 rings (SSSR count). The SMILES string of the molecule is CC1C=CC2C3C=CCCC3C3(C2C1)C1CC(NC2CCCCC2C2C=CC=CC2)C=CC1C1CCCCC13. The van der Waals surface area contributed by atoms with E-state index in [1.54, 1.807) is 0 Å². The van der Waals surface area contributed by atoms with Crippen LogP contribution in [0.4, 0.5) is 0 Å². The van der Waals surface area contributed by atoms with E-state index in [-0.39, 0.29) is 0 Å². The molecule has 0 amide bonds. The van der Waals surface area contributed by atoms with Gasteiger partial charge in [-0.25, -0.2) is 0 Å². The Bertz CT molecular complexity index is 1060. The van der Waals surface area contributed by atoms with Gasteiger partial charge in [0, 0.05) is 12.1 Å². The fourth-order valence-electron chi connectivity index (χ4n) is 12.8. The van der Waals surface area contributed by atoms with Gasteiger partial charge in [0.25, 0.3) is 0 Å². The lowest BCUT2D eigenvalue weighted by Crippen LogP contribution is -2.51. The zero-order valence-electron chi connectivity index (χ0n) is 24.5. The molecule has 39 heavy (non-hydrogen) atoms. The predicted molar refractivity (Wildman–Crippen MR) is 163 cm³/mol. The topological polar surface area (TPSA) is 12.0 Å². The van der Waals surface area contributed by atoms with Crippen LogP contribution in [-0.2, 0) is 0 Å². The minimum absolute atomic E-state index is 0.586. The molecule has 1 nitrogen and oxygen atoms in total. The molecule has 0 aliphatic heterocycles. The molecule has 210 valence electrons. The van der Waals surface area contributed by atoms with Crippen LogP contribution in [0.15, 0.2) is 60.8 Å². The highest BCUT2D eigenvalue weighted by atomic mass is 15.0. The second-order valence-electron chi connectivity index (χ2n) is 15.4. The number of hydrogen-bond donors (Lipinski definition) is 1. The average Bonchev–Trinajstić information content (AvgIpc) is 3.44. The zero-order chi connectivity index (χ0) is 26.0. The van der Waals surface area contributed by atoms with Gasteiger partial charge in [0.15, 0.2) is 0 Å². The van der Waals surface area contributed by atoms with Gasteiger partial charge in [-0.15, -0.1) is 0 Å². The van der Waals surface area contributed by atoms with Gasteiger partial charge in [0.2, 0.25) is 0 Å². The lowest BCUT2D eigenvalue weighted by Gasteiger charge is -2.52. The summed E-state index contributed by atoms with van der Waals surface area (Å²) in [6.45, 7) is 2.52. The number of nitrogens with one attached hydrogen (secondary N) is 1. The summed E-state index contributed by atoms with van der Waals surface area (Å²) in [5, 5.41) is 4.39. The van der Waals surface area contributed by atoms with Gasteiger partial charge in [-0.2, -0.15) is 0 Å². The Morgan fingerprint density at radius 3 is 2.31 bits per heavy atom. The van der Waals surface area contributed by atoms with E-state index in [4.69, 9.17) is 0 Å². The van der Waals surface area contributed by atoms with Crippen LogP contribution in [0.1, 0.15) is 90.4 Å². The molecule has 8 aliphatic carbocycles. The van der Waals surface area contributed by atoms with Gasteiger partial charge in [0.1, 0.15) is 0 Å². The van der Waals surface area contributed by atoms with Crippen LogP contribution in [-0.4, -0.2) is 12.1 Å². The maximum Gasteiger partial charge on any atom is 0.0255 e. The Balaban J connectivity index is 1.13. The van der Waals surface area contributed by atoms with Crippen molar-refractivity contribution in [2.24, 2.45) is 70.5 Å². The normalized spacial score (nSPS) is 53.4. The second-order valence-corrected chi connectivity index (χ2v) is 15.4. The zero-order valence-corrected chi connectivity index (χ0v) is 24.5. The van der Waals surface area contributed by atoms with Crippen LogP contribution in [0.25, 0.3) is 0 Å². The summed E-state index contributed by atoms with van der Waals surface area (Å²) in [6, 6.07) is 1.29. The summed E-state index contributed by atoms with van der Waals surface area (Å²) in [6.07, 6.45) is 44.3. The van der Waals surface area contributed by atoms with Crippen LogP contribution in [0.5, 0.6) is 0 Å². The molecule has 0 heterocycles. The standard InChI is InChI=1S/C38H53N/c1-25-19-21-31-29-14-5-8-16-33(29)38(35(31)23-25)34-17-9-6-15-30(34)32-22-20-27(24-36(32)38)39-37-18-10-7-13-28(37)26-11-3-2-4-12-26/h2-5,11,14,19-22,25-37,39H,6-10,12-13,15-18,23-24H2,1H3. The third-order valence-corrected chi connectivity index (χ3v) is 13.9. The van der Waals surface area contributed by atoms with Gasteiger partial charge in [-0.05, 0) is 128 Å². The summed E-state index contributed by atoms with van der Waals surface area (Å²) >= 11 is 0. The smallest absolute Gasteiger partial charge is 0.0255 e. The third kappa shape index (κ3) is 3.94. The second kappa shape index (κ2) is 10.2. The van der Waals surface area contributed by atoms with E-state index < -0.39 is 0 Å². The highest BCUT2D eigenvalue weighted by Crippen LogP contribution is 2.76. The Hall–Kier alpha value is -1.34. The van der Waals surface area contributed by atoms with Crippen molar-refractivity contribution >= 4 is 0 Å². The number of hydrogen-bond acceptors (Lipinski definition) is 1. The maximum absolute atomic E-state index is 4.39. The average molecular weight is 524 g/mol. The number of allylic oxidation sites excluding steroid dienone is 9. The monoisotopic (exact) mass is 523 g/mol. The van der Waals surface area contributed by atoms with Crippen molar-refractivity contribution in [2.75, 3.05) is 0 Å². The van der Waals surface area contributed by atoms with Crippen molar-refractivity contribution < 1.29 is 0 Å². The van der Waals surface area contributed by atoms with E-state index in [0.717, 1.165) is 65.1 Å². The minimum Gasteiger partial charge on any atom is -0.307 e. The van der Waals surface area contributed by atoms with Gasteiger partial charge >= 0.3 is 0 Å². The first-order valence-corrected chi connectivity index (χ1v) is 17.4. The summed E-state index contributed by atoms with van der Waals surface area (Å²) in [7, 11) is 0. The fraction of sp³-hybridized carbons (Fsp3) is 0.737. The first kappa shape index (κ1) is 25.4. The molecule has 14 atom stereocenters. The first-order chi connectivity index (χ1) is 19.2. The molecule has 8 aliphatic rings. The van der Waals surface area contributed by atoms with Crippen molar-refractivity contribution in [1.29, 1.82) is 0 Å². The Labute approximate surface area is 238 Å². The van der Waals surface area contributed by atoms with Crippen LogP contribution < -0.4 is 5.32 Å². The molecule has 0 aromatic heterocycles.